The minimum atomic E-state index is -0.144. The van der Waals surface area contributed by atoms with Gasteiger partial charge in [-0.2, -0.15) is 0 Å². The molecule has 2 heterocycles. The van der Waals surface area contributed by atoms with E-state index >= 15 is 0 Å². The van der Waals surface area contributed by atoms with Gasteiger partial charge in [-0.15, -0.1) is 0 Å². The summed E-state index contributed by atoms with van der Waals surface area (Å²) in [5.74, 6) is 0.515. The molecule has 29 heavy (non-hydrogen) atoms. The van der Waals surface area contributed by atoms with Crippen molar-refractivity contribution in [1.29, 1.82) is 0 Å². The van der Waals surface area contributed by atoms with Crippen LogP contribution in [0.4, 0.5) is 5.13 Å². The molecule has 0 aliphatic carbocycles. The van der Waals surface area contributed by atoms with Crippen molar-refractivity contribution in [3.05, 3.63) is 72.3 Å². The first-order valence-corrected chi connectivity index (χ1v) is 10.4. The third-order valence-electron chi connectivity index (χ3n) is 4.35. The predicted octanol–water partition coefficient (Wildman–Crippen LogP) is 4.65. The molecule has 148 valence electrons. The second kappa shape index (κ2) is 9.07. The molecule has 0 atom stereocenters. The molecule has 0 saturated heterocycles. The van der Waals surface area contributed by atoms with Crippen LogP contribution >= 0.6 is 22.9 Å². The van der Waals surface area contributed by atoms with Crippen molar-refractivity contribution in [2.45, 2.75) is 13.0 Å². The molecule has 0 aliphatic heterocycles. The van der Waals surface area contributed by atoms with Crippen LogP contribution in [0.5, 0.6) is 5.75 Å². The van der Waals surface area contributed by atoms with Crippen molar-refractivity contribution in [1.82, 2.24) is 14.5 Å². The second-order valence-corrected chi connectivity index (χ2v) is 7.80. The minimum Gasteiger partial charge on any atom is -0.484 e. The van der Waals surface area contributed by atoms with E-state index < -0.39 is 0 Å². The number of ether oxygens (including phenoxy) is 1. The molecule has 0 spiro atoms. The normalized spacial score (nSPS) is 10.9. The van der Waals surface area contributed by atoms with Crippen molar-refractivity contribution in [2.75, 3.05) is 18.1 Å². The number of fused-ring (bicyclic) bond motifs is 1. The summed E-state index contributed by atoms with van der Waals surface area (Å²) >= 11 is 7.73. The Morgan fingerprint density at radius 1 is 1.17 bits per heavy atom. The number of anilines is 1. The van der Waals surface area contributed by atoms with E-state index in [1.165, 1.54) is 11.3 Å². The van der Waals surface area contributed by atoms with Gasteiger partial charge in [-0.25, -0.2) is 9.97 Å². The van der Waals surface area contributed by atoms with Crippen LogP contribution in [0.2, 0.25) is 5.02 Å². The summed E-state index contributed by atoms with van der Waals surface area (Å²) in [6.07, 6.45) is 6.17. The molecular formula is C21H19ClN4O2S. The van der Waals surface area contributed by atoms with Gasteiger partial charge in [0.15, 0.2) is 11.7 Å². The fourth-order valence-corrected chi connectivity index (χ4v) is 4.22. The van der Waals surface area contributed by atoms with Crippen LogP contribution in [0.3, 0.4) is 0 Å². The topological polar surface area (TPSA) is 60.2 Å². The van der Waals surface area contributed by atoms with E-state index in [9.17, 15) is 4.79 Å². The molecule has 6 nitrogen and oxygen atoms in total. The molecule has 8 heteroatoms. The van der Waals surface area contributed by atoms with Gasteiger partial charge in [0.1, 0.15) is 11.3 Å². The Bertz CT molecular complexity index is 1080. The second-order valence-electron chi connectivity index (χ2n) is 6.38. The smallest absolute Gasteiger partial charge is 0.266 e. The number of aryl methyl sites for hydroxylation is 1. The van der Waals surface area contributed by atoms with E-state index in [1.807, 2.05) is 53.2 Å². The lowest BCUT2D eigenvalue weighted by molar-refractivity contribution is -0.120. The molecule has 2 aromatic heterocycles. The summed E-state index contributed by atoms with van der Waals surface area (Å²) in [6.45, 7) is 1.22. The number of carbonyl (C=O) groups excluding carboxylic acids is 1. The van der Waals surface area contributed by atoms with Crippen LogP contribution in [0, 0.1) is 0 Å². The molecule has 0 saturated carbocycles. The highest BCUT2D eigenvalue weighted by atomic mass is 35.5. The molecule has 0 N–H and O–H groups in total. The summed E-state index contributed by atoms with van der Waals surface area (Å²) < 4.78 is 8.60. The number of amides is 1. The maximum atomic E-state index is 13.0. The quantitative estimate of drug-likeness (QED) is 0.411. The van der Waals surface area contributed by atoms with E-state index in [1.54, 1.807) is 23.5 Å². The number of aromatic nitrogens is 3. The summed E-state index contributed by atoms with van der Waals surface area (Å²) in [6, 6.07) is 14.9. The average Bonchev–Trinajstić information content (AvgIpc) is 3.41. The lowest BCUT2D eigenvalue weighted by Crippen LogP contribution is -2.36. The Labute approximate surface area is 177 Å². The number of carbonyl (C=O) groups is 1. The Balaban J connectivity index is 1.52. The van der Waals surface area contributed by atoms with Gasteiger partial charge in [-0.3, -0.25) is 9.69 Å². The largest absolute Gasteiger partial charge is 0.484 e. The third-order valence-corrected chi connectivity index (χ3v) is 5.70. The zero-order valence-electron chi connectivity index (χ0n) is 15.6. The average molecular weight is 427 g/mol. The number of rotatable bonds is 8. The van der Waals surface area contributed by atoms with Gasteiger partial charge in [0.05, 0.1) is 16.0 Å². The van der Waals surface area contributed by atoms with Crippen molar-refractivity contribution in [3.8, 4) is 5.75 Å². The summed E-state index contributed by atoms with van der Waals surface area (Å²) in [4.78, 5) is 23.3. The monoisotopic (exact) mass is 426 g/mol. The highest BCUT2D eigenvalue weighted by molar-refractivity contribution is 7.22. The fourth-order valence-electron chi connectivity index (χ4n) is 2.92. The van der Waals surface area contributed by atoms with Crippen molar-refractivity contribution < 1.29 is 9.53 Å². The fraction of sp³-hybridized carbons (Fsp3) is 0.190. The van der Waals surface area contributed by atoms with Crippen LogP contribution in [0.25, 0.3) is 10.2 Å². The van der Waals surface area contributed by atoms with Crippen molar-refractivity contribution in [3.63, 3.8) is 0 Å². The van der Waals surface area contributed by atoms with Gasteiger partial charge >= 0.3 is 0 Å². The lowest BCUT2D eigenvalue weighted by atomic mass is 10.3. The van der Waals surface area contributed by atoms with Crippen molar-refractivity contribution >= 4 is 44.2 Å². The summed E-state index contributed by atoms with van der Waals surface area (Å²) in [5.41, 5.74) is 0.713. The Morgan fingerprint density at radius 2 is 2.03 bits per heavy atom. The highest BCUT2D eigenvalue weighted by Crippen LogP contribution is 2.33. The SMILES string of the molecule is O=C(COc1ccccc1)N(CCCn1ccnc1)c1nc2c(Cl)cccc2s1. The molecular weight excluding hydrogens is 408 g/mol. The number of para-hydroxylation sites is 2. The number of halogens is 1. The van der Waals surface area contributed by atoms with Gasteiger partial charge in [0, 0.05) is 25.5 Å². The number of thiazole rings is 1. The molecule has 0 radical (unpaired) electrons. The van der Waals surface area contributed by atoms with E-state index in [0.29, 0.717) is 28.0 Å². The zero-order valence-corrected chi connectivity index (χ0v) is 17.1. The predicted molar refractivity (Wildman–Crippen MR) is 116 cm³/mol. The molecule has 4 rings (SSSR count). The molecule has 0 unspecified atom stereocenters. The van der Waals surface area contributed by atoms with Crippen LogP contribution in [-0.4, -0.2) is 33.6 Å². The summed E-state index contributed by atoms with van der Waals surface area (Å²) in [7, 11) is 0. The number of imidazole rings is 1. The number of hydrogen-bond donors (Lipinski definition) is 0. The van der Waals surface area contributed by atoms with Crippen LogP contribution in [-0.2, 0) is 11.3 Å². The van der Waals surface area contributed by atoms with E-state index in [4.69, 9.17) is 16.3 Å². The number of hydrogen-bond acceptors (Lipinski definition) is 5. The van der Waals surface area contributed by atoms with Crippen LogP contribution < -0.4 is 9.64 Å². The maximum Gasteiger partial charge on any atom is 0.266 e. The van der Waals surface area contributed by atoms with E-state index in [0.717, 1.165) is 17.7 Å². The first-order chi connectivity index (χ1) is 14.2. The maximum absolute atomic E-state index is 13.0. The van der Waals surface area contributed by atoms with Gasteiger partial charge in [-0.1, -0.05) is 47.2 Å². The number of benzene rings is 2. The van der Waals surface area contributed by atoms with Crippen LogP contribution in [0.15, 0.2) is 67.3 Å². The Morgan fingerprint density at radius 3 is 2.79 bits per heavy atom. The number of nitrogens with zero attached hydrogens (tertiary/aromatic N) is 4. The van der Waals surface area contributed by atoms with Crippen LogP contribution in [0.1, 0.15) is 6.42 Å². The lowest BCUT2D eigenvalue weighted by Gasteiger charge is -2.20. The third kappa shape index (κ3) is 4.75. The van der Waals surface area contributed by atoms with Crippen molar-refractivity contribution in [2.24, 2.45) is 0 Å². The van der Waals surface area contributed by atoms with Gasteiger partial charge < -0.3 is 9.30 Å². The molecule has 0 fully saturated rings. The van der Waals surface area contributed by atoms with Gasteiger partial charge in [0.2, 0.25) is 0 Å². The van der Waals surface area contributed by atoms with E-state index in [-0.39, 0.29) is 12.5 Å². The van der Waals surface area contributed by atoms with E-state index in [2.05, 4.69) is 9.97 Å². The Hall–Kier alpha value is -2.90. The van der Waals surface area contributed by atoms with Gasteiger partial charge in [-0.05, 0) is 30.7 Å². The molecule has 0 aliphatic rings. The van der Waals surface area contributed by atoms with Gasteiger partial charge in [0.25, 0.3) is 5.91 Å². The minimum absolute atomic E-state index is 0.0568. The first-order valence-electron chi connectivity index (χ1n) is 9.20. The molecule has 4 aromatic rings. The molecule has 0 bridgehead atoms. The molecule has 1 amide bonds. The molecule has 2 aromatic carbocycles. The zero-order chi connectivity index (χ0) is 20.1. The summed E-state index contributed by atoms with van der Waals surface area (Å²) in [5, 5.41) is 1.21. The highest BCUT2D eigenvalue weighted by Gasteiger charge is 2.21. The Kier molecular flexibility index (Phi) is 6.07. The first kappa shape index (κ1) is 19.4. The standard InChI is InChI=1S/C21H19ClN4O2S/c22-17-8-4-9-18-20(17)24-21(29-18)26(12-5-11-25-13-10-23-15-25)19(27)14-28-16-6-2-1-3-7-16/h1-4,6-10,13,15H,5,11-12,14H2.